The predicted octanol–water partition coefficient (Wildman–Crippen LogP) is 4.57. The van der Waals surface area contributed by atoms with Gasteiger partial charge in [0.25, 0.3) is 0 Å². The van der Waals surface area contributed by atoms with Crippen LogP contribution in [0.15, 0.2) is 36.4 Å². The highest BCUT2D eigenvalue weighted by atomic mass is 16.1. The van der Waals surface area contributed by atoms with Crippen LogP contribution in [0.25, 0.3) is 22.2 Å². The lowest BCUT2D eigenvalue weighted by Crippen LogP contribution is -1.85. The van der Waals surface area contributed by atoms with Crippen molar-refractivity contribution in [1.82, 2.24) is 4.98 Å². The summed E-state index contributed by atoms with van der Waals surface area (Å²) in [4.78, 5) is 15.0. The summed E-state index contributed by atoms with van der Waals surface area (Å²) >= 11 is 0. The van der Waals surface area contributed by atoms with E-state index in [1.54, 1.807) is 0 Å². The van der Waals surface area contributed by atoms with Crippen LogP contribution in [0.3, 0.4) is 0 Å². The quantitative estimate of drug-likeness (QED) is 0.675. The Balaban J connectivity index is 2.37. The highest BCUT2D eigenvalue weighted by molar-refractivity contribution is 6.05. The molecular formula is C18H17NO. The third-order valence-electron chi connectivity index (χ3n) is 3.71. The van der Waals surface area contributed by atoms with Gasteiger partial charge in [-0.25, -0.2) is 0 Å². The summed E-state index contributed by atoms with van der Waals surface area (Å²) in [7, 11) is 0. The van der Waals surface area contributed by atoms with Gasteiger partial charge in [0.05, 0.1) is 5.69 Å². The first-order valence-electron chi connectivity index (χ1n) is 6.75. The Morgan fingerprint density at radius 2 is 1.80 bits per heavy atom. The Morgan fingerprint density at radius 1 is 1.00 bits per heavy atom. The Hall–Kier alpha value is -2.35. The molecule has 20 heavy (non-hydrogen) atoms. The highest BCUT2D eigenvalue weighted by Gasteiger charge is 2.14. The predicted molar refractivity (Wildman–Crippen MR) is 83.3 cm³/mol. The van der Waals surface area contributed by atoms with Crippen LogP contribution in [0.2, 0.25) is 0 Å². The van der Waals surface area contributed by atoms with E-state index in [2.05, 4.69) is 50.0 Å². The van der Waals surface area contributed by atoms with E-state index in [9.17, 15) is 4.79 Å². The molecule has 0 saturated carbocycles. The topological polar surface area (TPSA) is 32.9 Å². The van der Waals surface area contributed by atoms with Gasteiger partial charge in [-0.15, -0.1) is 0 Å². The van der Waals surface area contributed by atoms with Gasteiger partial charge in [0.2, 0.25) is 0 Å². The molecule has 0 unspecified atom stereocenters. The smallest absolute Gasteiger partial charge is 0.152 e. The molecule has 0 saturated heterocycles. The molecule has 0 aliphatic rings. The van der Waals surface area contributed by atoms with E-state index in [0.717, 1.165) is 34.0 Å². The second kappa shape index (κ2) is 4.64. The molecule has 0 radical (unpaired) electrons. The fraction of sp³-hybridized carbons (Fsp3) is 0.167. The van der Waals surface area contributed by atoms with Crippen molar-refractivity contribution in [1.29, 1.82) is 0 Å². The molecule has 3 aromatic rings. The molecule has 100 valence electrons. The summed E-state index contributed by atoms with van der Waals surface area (Å²) in [5.41, 5.74) is 7.29. The van der Waals surface area contributed by atoms with Gasteiger partial charge in [-0.3, -0.25) is 4.79 Å². The summed E-state index contributed by atoms with van der Waals surface area (Å²) in [6.07, 6.45) is 0.954. The second-order valence-corrected chi connectivity index (χ2v) is 5.41. The Morgan fingerprint density at radius 3 is 2.50 bits per heavy atom. The minimum Gasteiger partial charge on any atom is -0.354 e. The van der Waals surface area contributed by atoms with Gasteiger partial charge in [0.1, 0.15) is 0 Å². The van der Waals surface area contributed by atoms with Crippen LogP contribution in [0.1, 0.15) is 27.0 Å². The van der Waals surface area contributed by atoms with E-state index in [1.165, 1.54) is 16.7 Å². The van der Waals surface area contributed by atoms with Crippen molar-refractivity contribution in [2.24, 2.45) is 0 Å². The first-order valence-corrected chi connectivity index (χ1v) is 6.75. The third-order valence-corrected chi connectivity index (χ3v) is 3.71. The number of carbonyl (C=O) groups is 1. The SMILES string of the molecule is Cc1cccc(-c2[nH]c3c(C)cc(C)cc3c2C=O)c1. The molecule has 1 heterocycles. The lowest BCUT2D eigenvalue weighted by atomic mass is 10.0. The van der Waals surface area contributed by atoms with Gasteiger partial charge in [-0.2, -0.15) is 0 Å². The van der Waals surface area contributed by atoms with E-state index in [0.29, 0.717) is 0 Å². The first-order chi connectivity index (χ1) is 9.60. The van der Waals surface area contributed by atoms with E-state index in [4.69, 9.17) is 0 Å². The molecule has 1 N–H and O–H groups in total. The van der Waals surface area contributed by atoms with Gasteiger partial charge in [-0.1, -0.05) is 35.4 Å². The largest absolute Gasteiger partial charge is 0.354 e. The van der Waals surface area contributed by atoms with Crippen LogP contribution in [-0.2, 0) is 0 Å². The van der Waals surface area contributed by atoms with Crippen molar-refractivity contribution in [2.45, 2.75) is 20.8 Å². The first kappa shape index (κ1) is 12.7. The molecule has 0 spiro atoms. The normalized spacial score (nSPS) is 10.9. The molecule has 0 atom stereocenters. The summed E-state index contributed by atoms with van der Waals surface area (Å²) in [5.74, 6) is 0. The maximum atomic E-state index is 11.6. The number of aryl methyl sites for hydroxylation is 3. The molecule has 2 heteroatoms. The number of H-pyrrole nitrogens is 1. The Labute approximate surface area is 118 Å². The number of benzene rings is 2. The fourth-order valence-electron chi connectivity index (χ4n) is 2.82. The van der Waals surface area contributed by atoms with Crippen molar-refractivity contribution in [2.75, 3.05) is 0 Å². The minimum absolute atomic E-state index is 0.748. The maximum absolute atomic E-state index is 11.6. The number of fused-ring (bicyclic) bond motifs is 1. The molecule has 1 aromatic heterocycles. The summed E-state index contributed by atoms with van der Waals surface area (Å²) in [5, 5.41) is 1.01. The maximum Gasteiger partial charge on any atom is 0.152 e. The average Bonchev–Trinajstić information content (AvgIpc) is 2.77. The van der Waals surface area contributed by atoms with Crippen molar-refractivity contribution in [3.8, 4) is 11.3 Å². The van der Waals surface area contributed by atoms with Gasteiger partial charge >= 0.3 is 0 Å². The van der Waals surface area contributed by atoms with Crippen LogP contribution in [-0.4, -0.2) is 11.3 Å². The van der Waals surface area contributed by atoms with Crippen molar-refractivity contribution in [3.05, 3.63) is 58.7 Å². The number of aldehydes is 1. The summed E-state index contributed by atoms with van der Waals surface area (Å²) in [6, 6.07) is 12.4. The van der Waals surface area contributed by atoms with Gasteiger partial charge in [0.15, 0.2) is 6.29 Å². The molecule has 0 aliphatic carbocycles. The highest BCUT2D eigenvalue weighted by Crippen LogP contribution is 2.31. The van der Waals surface area contributed by atoms with Crippen LogP contribution < -0.4 is 0 Å². The van der Waals surface area contributed by atoms with Gasteiger partial charge in [0, 0.05) is 16.5 Å². The number of hydrogen-bond donors (Lipinski definition) is 1. The zero-order valence-corrected chi connectivity index (χ0v) is 11.9. The van der Waals surface area contributed by atoms with Crippen molar-refractivity contribution >= 4 is 17.2 Å². The van der Waals surface area contributed by atoms with Gasteiger partial charge in [-0.05, 0) is 44.0 Å². The zero-order valence-electron chi connectivity index (χ0n) is 11.9. The van der Waals surface area contributed by atoms with Crippen LogP contribution in [0.4, 0.5) is 0 Å². The van der Waals surface area contributed by atoms with E-state index in [-0.39, 0.29) is 0 Å². The monoisotopic (exact) mass is 263 g/mol. The second-order valence-electron chi connectivity index (χ2n) is 5.41. The van der Waals surface area contributed by atoms with Crippen LogP contribution in [0.5, 0.6) is 0 Å². The number of carbonyl (C=O) groups excluding carboxylic acids is 1. The Kier molecular flexibility index (Phi) is 2.94. The van der Waals surface area contributed by atoms with E-state index in [1.807, 2.05) is 12.1 Å². The van der Waals surface area contributed by atoms with E-state index >= 15 is 0 Å². The van der Waals surface area contributed by atoms with Gasteiger partial charge < -0.3 is 4.98 Å². The standard InChI is InChI=1S/C18H17NO/c1-11-5-4-6-14(8-11)18-16(10-20)15-9-12(2)7-13(3)17(15)19-18/h4-10,19H,1-3H3. The van der Waals surface area contributed by atoms with Crippen molar-refractivity contribution < 1.29 is 4.79 Å². The summed E-state index contributed by atoms with van der Waals surface area (Å²) < 4.78 is 0. The fourth-order valence-corrected chi connectivity index (χ4v) is 2.82. The molecule has 3 rings (SSSR count). The Bertz CT molecular complexity index is 812. The zero-order chi connectivity index (χ0) is 14.3. The molecule has 0 amide bonds. The number of nitrogens with one attached hydrogen (secondary N) is 1. The van der Waals surface area contributed by atoms with E-state index < -0.39 is 0 Å². The molecule has 0 bridgehead atoms. The number of aromatic nitrogens is 1. The number of rotatable bonds is 2. The number of aromatic amines is 1. The minimum atomic E-state index is 0.748. The van der Waals surface area contributed by atoms with Crippen LogP contribution >= 0.6 is 0 Å². The lowest BCUT2D eigenvalue weighted by molar-refractivity contribution is 0.112. The number of hydrogen-bond acceptors (Lipinski definition) is 1. The molecule has 0 aliphatic heterocycles. The lowest BCUT2D eigenvalue weighted by Gasteiger charge is -2.01. The average molecular weight is 263 g/mol. The van der Waals surface area contributed by atoms with Crippen molar-refractivity contribution in [3.63, 3.8) is 0 Å². The molecule has 0 fully saturated rings. The molecular weight excluding hydrogens is 246 g/mol. The third kappa shape index (κ3) is 1.94. The molecule has 2 aromatic carbocycles. The van der Waals surface area contributed by atoms with Crippen LogP contribution in [0, 0.1) is 20.8 Å². The summed E-state index contributed by atoms with van der Waals surface area (Å²) in [6.45, 7) is 6.18. The molecule has 2 nitrogen and oxygen atoms in total.